The van der Waals surface area contributed by atoms with E-state index in [4.69, 9.17) is 4.74 Å². The van der Waals surface area contributed by atoms with Gasteiger partial charge >= 0.3 is 0 Å². The predicted molar refractivity (Wildman–Crippen MR) is 136 cm³/mol. The van der Waals surface area contributed by atoms with Gasteiger partial charge < -0.3 is 19.9 Å². The topological polar surface area (TPSA) is 44.8 Å². The van der Waals surface area contributed by atoms with E-state index in [1.54, 1.807) is 19.1 Å². The number of halogens is 2. The van der Waals surface area contributed by atoms with Crippen molar-refractivity contribution in [2.75, 3.05) is 27.2 Å². The Morgan fingerprint density at radius 1 is 1.17 bits per heavy atom. The molecule has 7 heteroatoms. The number of methoxy groups -OCH3 is 1. The van der Waals surface area contributed by atoms with Gasteiger partial charge in [0.1, 0.15) is 11.6 Å². The number of hydrogen-bond acceptors (Lipinski definition) is 4. The molecule has 0 bridgehead atoms. The molecule has 1 aliphatic heterocycles. The highest BCUT2D eigenvalue weighted by Crippen LogP contribution is 2.38. The first-order valence-electron chi connectivity index (χ1n) is 11.9. The second kappa shape index (κ2) is 11.4. The lowest BCUT2D eigenvalue weighted by molar-refractivity contribution is -0.115. The number of nitrogens with one attached hydrogen (secondary N) is 1. The van der Waals surface area contributed by atoms with Gasteiger partial charge in [0.25, 0.3) is 5.92 Å². The van der Waals surface area contributed by atoms with Crippen LogP contribution in [0.1, 0.15) is 50.7 Å². The molecule has 1 unspecified atom stereocenters. The summed E-state index contributed by atoms with van der Waals surface area (Å²) in [6, 6.07) is 17.6. The van der Waals surface area contributed by atoms with E-state index in [2.05, 4.69) is 5.32 Å². The molecule has 35 heavy (non-hydrogen) atoms. The van der Waals surface area contributed by atoms with E-state index in [9.17, 15) is 13.6 Å². The van der Waals surface area contributed by atoms with Gasteiger partial charge in [0.05, 0.1) is 19.4 Å². The quantitative estimate of drug-likeness (QED) is 0.432. The fraction of sp³-hybridized carbons (Fsp3) is 0.393. The molecule has 1 aliphatic rings. The molecule has 2 aromatic carbocycles. The molecule has 0 radical (unpaired) electrons. The molecule has 1 saturated heterocycles. The van der Waals surface area contributed by atoms with Crippen LogP contribution in [0.5, 0.6) is 5.75 Å². The summed E-state index contributed by atoms with van der Waals surface area (Å²) in [5.41, 5.74) is 4.52. The molecule has 1 atom stereocenters. The van der Waals surface area contributed by atoms with Gasteiger partial charge in [0, 0.05) is 31.6 Å². The first-order valence-corrected chi connectivity index (χ1v) is 11.9. The number of carbonyl (C=O) groups excluding carboxylic acids is 1. The zero-order valence-corrected chi connectivity index (χ0v) is 21.1. The van der Waals surface area contributed by atoms with Crippen LogP contribution in [0.25, 0.3) is 5.57 Å². The summed E-state index contributed by atoms with van der Waals surface area (Å²) in [6.45, 7) is 5.81. The molecule has 188 valence electrons. The van der Waals surface area contributed by atoms with E-state index in [1.165, 1.54) is 4.90 Å². The fourth-order valence-corrected chi connectivity index (χ4v) is 4.46. The average Bonchev–Trinajstić information content (AvgIpc) is 3.24. The van der Waals surface area contributed by atoms with Crippen LogP contribution in [0.3, 0.4) is 0 Å². The Kier molecular flexibility index (Phi) is 8.54. The largest absolute Gasteiger partial charge is 0.497 e. The third-order valence-electron chi connectivity index (χ3n) is 6.60. The van der Waals surface area contributed by atoms with Gasteiger partial charge in [-0.2, -0.15) is 0 Å². The van der Waals surface area contributed by atoms with Crippen molar-refractivity contribution in [1.82, 2.24) is 15.1 Å². The monoisotopic (exact) mass is 483 g/mol. The van der Waals surface area contributed by atoms with Crippen LogP contribution < -0.4 is 10.1 Å². The zero-order chi connectivity index (χ0) is 25.6. The minimum atomic E-state index is -2.77. The number of benzene rings is 2. The second-order valence-corrected chi connectivity index (χ2v) is 8.95. The molecular formula is C28H35F2N3O2. The Labute approximate surface area is 207 Å². The molecule has 1 heterocycles. The number of nitrogens with zero attached hydrogens (tertiary/aromatic N) is 2. The van der Waals surface area contributed by atoms with Crippen molar-refractivity contribution in [3.63, 3.8) is 0 Å². The Balaban J connectivity index is 2.13. The number of carbonyl (C=O) groups is 1. The number of likely N-dealkylation sites (tertiary alicyclic amines) is 1. The van der Waals surface area contributed by atoms with Crippen LogP contribution in [-0.4, -0.2) is 49.4 Å². The highest BCUT2D eigenvalue weighted by atomic mass is 19.3. The van der Waals surface area contributed by atoms with Crippen molar-refractivity contribution in [2.45, 2.75) is 45.5 Å². The van der Waals surface area contributed by atoms with E-state index >= 15 is 0 Å². The summed E-state index contributed by atoms with van der Waals surface area (Å²) >= 11 is 0. The molecule has 3 rings (SSSR count). The molecule has 1 amide bonds. The SMILES string of the molecule is CCC(/C(=C(/N/C(C)=C(\C)c1ccc(OC)cc1)N(C)C=O)N1CCC(F)(F)C1)c1ccccc1. The van der Waals surface area contributed by atoms with Crippen molar-refractivity contribution < 1.29 is 18.3 Å². The summed E-state index contributed by atoms with van der Waals surface area (Å²) < 4.78 is 34.0. The summed E-state index contributed by atoms with van der Waals surface area (Å²) in [5, 5.41) is 3.42. The molecular weight excluding hydrogens is 448 g/mol. The first kappa shape index (κ1) is 26.3. The Morgan fingerprint density at radius 3 is 2.34 bits per heavy atom. The average molecular weight is 484 g/mol. The lowest BCUT2D eigenvalue weighted by Crippen LogP contribution is -2.37. The molecule has 5 nitrogen and oxygen atoms in total. The van der Waals surface area contributed by atoms with E-state index in [-0.39, 0.29) is 25.4 Å². The van der Waals surface area contributed by atoms with E-state index in [0.717, 1.165) is 28.1 Å². The van der Waals surface area contributed by atoms with Gasteiger partial charge in [0.2, 0.25) is 6.41 Å². The first-order chi connectivity index (χ1) is 16.7. The van der Waals surface area contributed by atoms with Crippen LogP contribution in [0.2, 0.25) is 0 Å². The van der Waals surface area contributed by atoms with E-state index in [1.807, 2.05) is 75.4 Å². The summed E-state index contributed by atoms with van der Waals surface area (Å²) in [5.74, 6) is -1.66. The van der Waals surface area contributed by atoms with Crippen LogP contribution in [0, 0.1) is 0 Å². The third-order valence-corrected chi connectivity index (χ3v) is 6.60. The molecule has 1 fully saturated rings. The second-order valence-electron chi connectivity index (χ2n) is 8.95. The Morgan fingerprint density at radius 2 is 1.83 bits per heavy atom. The number of amides is 1. The highest BCUT2D eigenvalue weighted by molar-refractivity contribution is 5.67. The molecule has 0 aromatic heterocycles. The standard InChI is InChI=1S/C28H35F2N3O2/c1-6-25(23-10-8-7-9-11-23)26(33-17-16-28(29,30)18-33)27(32(4)19-34)31-21(3)20(2)22-12-14-24(35-5)15-13-22/h7-15,19,25,31H,6,16-18H2,1-5H3/b21-20+,27-26+. The summed E-state index contributed by atoms with van der Waals surface area (Å²) in [4.78, 5) is 15.2. The van der Waals surface area contributed by atoms with Gasteiger partial charge in [-0.25, -0.2) is 8.78 Å². The smallest absolute Gasteiger partial charge is 0.266 e. The zero-order valence-electron chi connectivity index (χ0n) is 21.1. The van der Waals surface area contributed by atoms with Crippen molar-refractivity contribution in [1.29, 1.82) is 0 Å². The summed E-state index contributed by atoms with van der Waals surface area (Å²) in [7, 11) is 3.27. The molecule has 0 aliphatic carbocycles. The van der Waals surface area contributed by atoms with Crippen molar-refractivity contribution >= 4 is 12.0 Å². The Bertz CT molecular complexity index is 1070. The molecule has 0 saturated carbocycles. The van der Waals surface area contributed by atoms with Crippen LogP contribution >= 0.6 is 0 Å². The Hall–Kier alpha value is -3.35. The van der Waals surface area contributed by atoms with Crippen molar-refractivity contribution in [3.05, 3.63) is 82.9 Å². The number of ether oxygens (including phenoxy) is 1. The molecule has 0 spiro atoms. The van der Waals surface area contributed by atoms with Gasteiger partial charge in [-0.3, -0.25) is 4.79 Å². The normalized spacial score (nSPS) is 17.3. The maximum absolute atomic E-state index is 14.4. The maximum atomic E-state index is 14.4. The highest BCUT2D eigenvalue weighted by Gasteiger charge is 2.41. The minimum Gasteiger partial charge on any atom is -0.497 e. The van der Waals surface area contributed by atoms with Gasteiger partial charge in [-0.1, -0.05) is 49.4 Å². The molecule has 1 N–H and O–H groups in total. The molecule has 2 aromatic rings. The van der Waals surface area contributed by atoms with Crippen LogP contribution in [0.15, 0.2) is 71.8 Å². The lowest BCUT2D eigenvalue weighted by Gasteiger charge is -2.34. The predicted octanol–water partition coefficient (Wildman–Crippen LogP) is 5.83. The fourth-order valence-electron chi connectivity index (χ4n) is 4.46. The number of allylic oxidation sites excluding steroid dienone is 3. The van der Waals surface area contributed by atoms with Crippen molar-refractivity contribution in [2.24, 2.45) is 0 Å². The maximum Gasteiger partial charge on any atom is 0.266 e. The lowest BCUT2D eigenvalue weighted by atomic mass is 9.91. The summed E-state index contributed by atoms with van der Waals surface area (Å²) in [6.07, 6.45) is 1.20. The van der Waals surface area contributed by atoms with Crippen molar-refractivity contribution in [3.8, 4) is 5.75 Å². The van der Waals surface area contributed by atoms with Gasteiger partial charge in [0.15, 0.2) is 0 Å². The number of rotatable bonds is 10. The minimum absolute atomic E-state index is 0.163. The van der Waals surface area contributed by atoms with Gasteiger partial charge in [-0.05, 0) is 49.1 Å². The van der Waals surface area contributed by atoms with Crippen LogP contribution in [-0.2, 0) is 4.79 Å². The number of hydrogen-bond donors (Lipinski definition) is 1. The third kappa shape index (κ3) is 6.21. The number of alkyl halides is 2. The van der Waals surface area contributed by atoms with E-state index < -0.39 is 5.92 Å². The van der Waals surface area contributed by atoms with E-state index in [0.29, 0.717) is 24.3 Å². The van der Waals surface area contributed by atoms with Gasteiger partial charge in [-0.15, -0.1) is 0 Å². The van der Waals surface area contributed by atoms with Crippen LogP contribution in [0.4, 0.5) is 8.78 Å².